The molecule has 1 aliphatic rings. The average Bonchev–Trinajstić information content (AvgIpc) is 2.62. The van der Waals surface area contributed by atoms with Gasteiger partial charge in [-0.25, -0.2) is 4.39 Å². The van der Waals surface area contributed by atoms with Gasteiger partial charge < -0.3 is 15.4 Å². The second-order valence-corrected chi connectivity index (χ2v) is 6.44. The number of hydrogen-bond donors (Lipinski definition) is 2. The van der Waals surface area contributed by atoms with Crippen molar-refractivity contribution >= 4 is 29.9 Å². The van der Waals surface area contributed by atoms with Gasteiger partial charge in [0.25, 0.3) is 5.91 Å². The summed E-state index contributed by atoms with van der Waals surface area (Å²) in [6.45, 7) is 1.71. The molecule has 1 amide bonds. The van der Waals surface area contributed by atoms with Gasteiger partial charge in [0.05, 0.1) is 5.02 Å². The van der Waals surface area contributed by atoms with Crippen LogP contribution in [0.5, 0.6) is 5.75 Å². The topological polar surface area (TPSA) is 50.4 Å². The summed E-state index contributed by atoms with van der Waals surface area (Å²) in [7, 11) is 0. The molecular formula is C19H21Cl2FN2O2. The molecule has 1 saturated heterocycles. The quantitative estimate of drug-likeness (QED) is 0.802. The Morgan fingerprint density at radius 2 is 2.04 bits per heavy atom. The molecule has 2 aromatic carbocycles. The maximum absolute atomic E-state index is 13.2. The van der Waals surface area contributed by atoms with Gasteiger partial charge in [-0.3, -0.25) is 4.79 Å². The first-order valence-corrected chi connectivity index (χ1v) is 8.69. The Balaban J connectivity index is 0.00000243. The van der Waals surface area contributed by atoms with Crippen LogP contribution in [0.3, 0.4) is 0 Å². The highest BCUT2D eigenvalue weighted by Crippen LogP contribution is 2.30. The Hall–Kier alpha value is -1.82. The van der Waals surface area contributed by atoms with Crippen LogP contribution in [0, 0.1) is 5.82 Å². The van der Waals surface area contributed by atoms with Gasteiger partial charge >= 0.3 is 0 Å². The SMILES string of the molecule is Cl.O=C(NC1CCCNC1)C(Oc1ccc(F)cc1Cl)c1ccccc1. The lowest BCUT2D eigenvalue weighted by Gasteiger charge is -2.27. The van der Waals surface area contributed by atoms with E-state index in [0.29, 0.717) is 5.56 Å². The van der Waals surface area contributed by atoms with Crippen molar-refractivity contribution in [2.45, 2.75) is 25.0 Å². The third-order valence-electron chi connectivity index (χ3n) is 4.12. The minimum atomic E-state index is -0.855. The molecule has 140 valence electrons. The lowest BCUT2D eigenvalue weighted by Crippen LogP contribution is -2.47. The number of carbonyl (C=O) groups is 1. The molecule has 2 atom stereocenters. The monoisotopic (exact) mass is 398 g/mol. The lowest BCUT2D eigenvalue weighted by molar-refractivity contribution is -0.129. The summed E-state index contributed by atoms with van der Waals surface area (Å²) in [4.78, 5) is 12.8. The predicted octanol–water partition coefficient (Wildman–Crippen LogP) is 3.89. The molecule has 4 nitrogen and oxygen atoms in total. The van der Waals surface area contributed by atoms with E-state index in [1.807, 2.05) is 30.3 Å². The Morgan fingerprint density at radius 1 is 1.27 bits per heavy atom. The number of piperidine rings is 1. The van der Waals surface area contributed by atoms with Gasteiger partial charge in [-0.15, -0.1) is 12.4 Å². The van der Waals surface area contributed by atoms with Gasteiger partial charge in [0, 0.05) is 18.2 Å². The first-order chi connectivity index (χ1) is 12.1. The molecule has 7 heteroatoms. The van der Waals surface area contributed by atoms with Crippen molar-refractivity contribution in [1.29, 1.82) is 0 Å². The van der Waals surface area contributed by atoms with Crippen LogP contribution in [0.15, 0.2) is 48.5 Å². The smallest absolute Gasteiger partial charge is 0.266 e. The average molecular weight is 399 g/mol. The molecule has 2 aromatic rings. The fourth-order valence-corrected chi connectivity index (χ4v) is 3.06. The molecule has 0 spiro atoms. The zero-order valence-corrected chi connectivity index (χ0v) is 15.7. The molecule has 0 aromatic heterocycles. The molecule has 2 unspecified atom stereocenters. The number of ether oxygens (including phenoxy) is 1. The number of carbonyl (C=O) groups excluding carboxylic acids is 1. The van der Waals surface area contributed by atoms with Gasteiger partial charge in [0.15, 0.2) is 0 Å². The summed E-state index contributed by atoms with van der Waals surface area (Å²) in [6, 6.07) is 13.1. The third-order valence-corrected chi connectivity index (χ3v) is 4.42. The minimum Gasteiger partial charge on any atom is -0.474 e. The minimum absolute atomic E-state index is 0. The standard InChI is InChI=1S/C19H20ClFN2O2.ClH/c20-16-11-14(21)8-9-17(16)25-18(13-5-2-1-3-6-13)19(24)23-15-7-4-10-22-12-15;/h1-3,5-6,8-9,11,15,18,22H,4,7,10,12H2,(H,23,24);1H. The highest BCUT2D eigenvalue weighted by molar-refractivity contribution is 6.32. The largest absolute Gasteiger partial charge is 0.474 e. The lowest BCUT2D eigenvalue weighted by atomic mass is 10.1. The molecule has 0 bridgehead atoms. The normalized spacial score (nSPS) is 17.7. The molecule has 1 fully saturated rings. The predicted molar refractivity (Wildman–Crippen MR) is 103 cm³/mol. The molecule has 1 aliphatic heterocycles. The number of amides is 1. The van der Waals surface area contributed by atoms with Crippen LogP contribution in [0.1, 0.15) is 24.5 Å². The molecule has 1 heterocycles. The third kappa shape index (κ3) is 5.34. The summed E-state index contributed by atoms with van der Waals surface area (Å²) in [5, 5.41) is 6.42. The molecule has 0 radical (unpaired) electrons. The second-order valence-electron chi connectivity index (χ2n) is 6.04. The number of benzene rings is 2. The Bertz CT molecular complexity index is 725. The summed E-state index contributed by atoms with van der Waals surface area (Å²) >= 11 is 6.05. The summed E-state index contributed by atoms with van der Waals surface area (Å²) in [6.07, 6.45) is 1.09. The zero-order valence-electron chi connectivity index (χ0n) is 14.1. The van der Waals surface area contributed by atoms with Crippen molar-refractivity contribution in [1.82, 2.24) is 10.6 Å². The van der Waals surface area contributed by atoms with E-state index in [1.54, 1.807) is 0 Å². The van der Waals surface area contributed by atoms with Gasteiger partial charge in [0.1, 0.15) is 11.6 Å². The number of rotatable bonds is 5. The van der Waals surface area contributed by atoms with E-state index in [-0.39, 0.29) is 35.1 Å². The maximum Gasteiger partial charge on any atom is 0.266 e. The number of hydrogen-bond acceptors (Lipinski definition) is 3. The van der Waals surface area contributed by atoms with Gasteiger partial charge in [0.2, 0.25) is 6.10 Å². The number of nitrogens with one attached hydrogen (secondary N) is 2. The van der Waals surface area contributed by atoms with Crippen molar-refractivity contribution in [3.63, 3.8) is 0 Å². The Labute approximate surface area is 163 Å². The molecular weight excluding hydrogens is 378 g/mol. The second kappa shape index (κ2) is 9.76. The molecule has 3 rings (SSSR count). The first-order valence-electron chi connectivity index (χ1n) is 8.31. The zero-order chi connectivity index (χ0) is 17.6. The fourth-order valence-electron chi connectivity index (χ4n) is 2.85. The first kappa shape index (κ1) is 20.5. The molecule has 0 aliphatic carbocycles. The number of halogens is 3. The van der Waals surface area contributed by atoms with Crippen molar-refractivity contribution in [2.24, 2.45) is 0 Å². The van der Waals surface area contributed by atoms with Gasteiger partial charge in [-0.1, -0.05) is 41.9 Å². The van der Waals surface area contributed by atoms with Crippen molar-refractivity contribution < 1.29 is 13.9 Å². The maximum atomic E-state index is 13.2. The highest BCUT2D eigenvalue weighted by Gasteiger charge is 2.26. The van der Waals surface area contributed by atoms with Crippen LogP contribution in [0.4, 0.5) is 4.39 Å². The van der Waals surface area contributed by atoms with E-state index in [1.165, 1.54) is 18.2 Å². The van der Waals surface area contributed by atoms with Crippen LogP contribution < -0.4 is 15.4 Å². The van der Waals surface area contributed by atoms with Crippen LogP contribution in [0.2, 0.25) is 5.02 Å². The van der Waals surface area contributed by atoms with Crippen molar-refractivity contribution in [3.8, 4) is 5.75 Å². The van der Waals surface area contributed by atoms with E-state index in [2.05, 4.69) is 10.6 Å². The molecule has 0 saturated carbocycles. The van der Waals surface area contributed by atoms with Gasteiger partial charge in [-0.2, -0.15) is 0 Å². The fraction of sp³-hybridized carbons (Fsp3) is 0.316. The van der Waals surface area contributed by atoms with Crippen LogP contribution in [-0.2, 0) is 4.79 Å². The van der Waals surface area contributed by atoms with Crippen LogP contribution >= 0.6 is 24.0 Å². The van der Waals surface area contributed by atoms with Crippen molar-refractivity contribution in [3.05, 3.63) is 64.9 Å². The highest BCUT2D eigenvalue weighted by atomic mass is 35.5. The van der Waals surface area contributed by atoms with Crippen LogP contribution in [-0.4, -0.2) is 25.0 Å². The Kier molecular flexibility index (Phi) is 7.69. The van der Waals surface area contributed by atoms with Crippen molar-refractivity contribution in [2.75, 3.05) is 13.1 Å². The van der Waals surface area contributed by atoms with E-state index in [9.17, 15) is 9.18 Å². The Morgan fingerprint density at radius 3 is 2.69 bits per heavy atom. The van der Waals surface area contributed by atoms with E-state index in [0.717, 1.165) is 25.9 Å². The summed E-state index contributed by atoms with van der Waals surface area (Å²) < 4.78 is 19.1. The van der Waals surface area contributed by atoms with E-state index >= 15 is 0 Å². The van der Waals surface area contributed by atoms with E-state index < -0.39 is 11.9 Å². The van der Waals surface area contributed by atoms with Crippen LogP contribution in [0.25, 0.3) is 0 Å². The summed E-state index contributed by atoms with van der Waals surface area (Å²) in [5.41, 5.74) is 0.712. The van der Waals surface area contributed by atoms with E-state index in [4.69, 9.17) is 16.3 Å². The van der Waals surface area contributed by atoms with Gasteiger partial charge in [-0.05, 0) is 37.6 Å². The molecule has 2 N–H and O–H groups in total. The summed E-state index contributed by atoms with van der Waals surface area (Å²) in [5.74, 6) is -0.416. The molecule has 26 heavy (non-hydrogen) atoms.